The number of benzene rings is 1. The van der Waals surface area contributed by atoms with Crippen LogP contribution in [0.1, 0.15) is 5.56 Å². The molecule has 1 heterocycles. The Balaban J connectivity index is 2.13. The van der Waals surface area contributed by atoms with Gasteiger partial charge in [-0.25, -0.2) is 0 Å². The van der Waals surface area contributed by atoms with Crippen LogP contribution in [0.3, 0.4) is 0 Å². The predicted molar refractivity (Wildman–Crippen MR) is 74.3 cm³/mol. The van der Waals surface area contributed by atoms with Gasteiger partial charge in [0.05, 0.1) is 20.3 Å². The fraction of sp³-hybridized carbons (Fsp3) is 0.400. The Morgan fingerprint density at radius 1 is 1.30 bits per heavy atom. The van der Waals surface area contributed by atoms with E-state index in [-0.39, 0.29) is 11.7 Å². The van der Waals surface area contributed by atoms with Gasteiger partial charge in [-0.3, -0.25) is 4.79 Å². The van der Waals surface area contributed by atoms with Crippen LogP contribution in [0.25, 0.3) is 0 Å². The maximum Gasteiger partial charge on any atom is 0.293 e. The molecule has 1 fully saturated rings. The largest absolute Gasteiger partial charge is 0.500 e. The molecule has 0 aromatic heterocycles. The molecule has 0 unspecified atom stereocenters. The van der Waals surface area contributed by atoms with E-state index in [0.29, 0.717) is 32.1 Å². The molecule has 0 atom stereocenters. The summed E-state index contributed by atoms with van der Waals surface area (Å²) in [5.41, 5.74) is 0.962. The number of methoxy groups -OCH3 is 1. The lowest BCUT2D eigenvalue weighted by atomic mass is 10.2. The molecular formula is C15H19NO4. The Kier molecular flexibility index (Phi) is 5.01. The number of morpholine rings is 1. The van der Waals surface area contributed by atoms with Crippen molar-refractivity contribution in [1.29, 1.82) is 0 Å². The van der Waals surface area contributed by atoms with Crippen LogP contribution in [-0.2, 0) is 14.3 Å². The molecule has 0 aliphatic carbocycles. The average Bonchev–Trinajstić information content (AvgIpc) is 2.49. The molecule has 0 radical (unpaired) electrons. The van der Waals surface area contributed by atoms with Crippen molar-refractivity contribution >= 4 is 5.91 Å². The predicted octanol–water partition coefficient (Wildman–Crippen LogP) is 1.72. The van der Waals surface area contributed by atoms with Crippen LogP contribution in [0.5, 0.6) is 5.75 Å². The van der Waals surface area contributed by atoms with Crippen LogP contribution in [0.15, 0.2) is 36.3 Å². The molecule has 1 aromatic carbocycles. The van der Waals surface area contributed by atoms with Crippen molar-refractivity contribution in [1.82, 2.24) is 4.90 Å². The Hall–Kier alpha value is -2.01. The number of nitrogens with zero attached hydrogens (tertiary/aromatic N) is 1. The molecule has 1 aliphatic heterocycles. The molecule has 1 saturated heterocycles. The number of rotatable bonds is 4. The second-order valence-corrected chi connectivity index (χ2v) is 4.49. The fourth-order valence-electron chi connectivity index (χ4n) is 1.94. The zero-order valence-corrected chi connectivity index (χ0v) is 11.8. The summed E-state index contributed by atoms with van der Waals surface area (Å²) >= 11 is 0. The molecule has 0 bridgehead atoms. The van der Waals surface area contributed by atoms with E-state index >= 15 is 0 Å². The lowest BCUT2D eigenvalue weighted by molar-refractivity contribution is -0.133. The molecule has 0 spiro atoms. The van der Waals surface area contributed by atoms with E-state index in [4.69, 9.17) is 14.2 Å². The maximum absolute atomic E-state index is 12.4. The minimum Gasteiger partial charge on any atom is -0.500 e. The van der Waals surface area contributed by atoms with E-state index in [2.05, 4.69) is 0 Å². The summed E-state index contributed by atoms with van der Waals surface area (Å²) in [5.74, 6) is 0.652. The topological polar surface area (TPSA) is 48.0 Å². The zero-order valence-electron chi connectivity index (χ0n) is 11.8. The summed E-state index contributed by atoms with van der Waals surface area (Å²) in [6.45, 7) is 4.17. The van der Waals surface area contributed by atoms with Gasteiger partial charge in [-0.1, -0.05) is 18.2 Å². The Labute approximate surface area is 118 Å². The minimum absolute atomic E-state index is 0.182. The summed E-state index contributed by atoms with van der Waals surface area (Å²) in [6, 6.07) is 7.54. The monoisotopic (exact) mass is 277 g/mol. The Morgan fingerprint density at radius 2 is 2.00 bits per heavy atom. The normalized spacial score (nSPS) is 15.9. The van der Waals surface area contributed by atoms with Crippen molar-refractivity contribution in [2.45, 2.75) is 6.92 Å². The van der Waals surface area contributed by atoms with Crippen LogP contribution in [-0.4, -0.2) is 44.2 Å². The fourth-order valence-corrected chi connectivity index (χ4v) is 1.94. The number of carbonyl (C=O) groups excluding carboxylic acids is 1. The van der Waals surface area contributed by atoms with Gasteiger partial charge in [-0.05, 0) is 18.6 Å². The van der Waals surface area contributed by atoms with Crippen molar-refractivity contribution in [3.05, 3.63) is 41.9 Å². The number of para-hydroxylation sites is 1. The van der Waals surface area contributed by atoms with Crippen molar-refractivity contribution in [3.8, 4) is 5.75 Å². The van der Waals surface area contributed by atoms with Gasteiger partial charge in [0.15, 0.2) is 0 Å². The number of aryl methyl sites for hydroxylation is 1. The summed E-state index contributed by atoms with van der Waals surface area (Å²) in [4.78, 5) is 14.1. The van der Waals surface area contributed by atoms with Crippen LogP contribution < -0.4 is 4.74 Å². The lowest BCUT2D eigenvalue weighted by Crippen LogP contribution is -2.42. The first-order valence-corrected chi connectivity index (χ1v) is 6.56. The molecule has 2 rings (SSSR count). The van der Waals surface area contributed by atoms with Crippen molar-refractivity contribution < 1.29 is 19.0 Å². The van der Waals surface area contributed by atoms with Crippen molar-refractivity contribution in [2.75, 3.05) is 33.4 Å². The number of ether oxygens (including phenoxy) is 3. The van der Waals surface area contributed by atoms with E-state index < -0.39 is 0 Å². The first kappa shape index (κ1) is 14.4. The average molecular weight is 277 g/mol. The van der Waals surface area contributed by atoms with Crippen LogP contribution >= 0.6 is 0 Å². The standard InChI is InChI=1S/C15H19NO4/c1-12-5-3-4-6-13(12)20-14(11-18-2)15(17)16-7-9-19-10-8-16/h3-6,11H,7-10H2,1-2H3/b14-11-. The Bertz CT molecular complexity index is 492. The molecule has 1 aliphatic rings. The Morgan fingerprint density at radius 3 is 2.65 bits per heavy atom. The van der Waals surface area contributed by atoms with Crippen molar-refractivity contribution in [3.63, 3.8) is 0 Å². The van der Waals surface area contributed by atoms with E-state index in [1.807, 2.05) is 31.2 Å². The molecule has 5 nitrogen and oxygen atoms in total. The van der Waals surface area contributed by atoms with E-state index in [1.54, 1.807) is 4.90 Å². The van der Waals surface area contributed by atoms with E-state index in [1.165, 1.54) is 13.4 Å². The molecule has 108 valence electrons. The maximum atomic E-state index is 12.4. The number of amides is 1. The minimum atomic E-state index is -0.182. The molecule has 20 heavy (non-hydrogen) atoms. The first-order chi connectivity index (χ1) is 9.72. The summed E-state index contributed by atoms with van der Waals surface area (Å²) in [5, 5.41) is 0. The third-order valence-electron chi connectivity index (χ3n) is 3.05. The number of carbonyl (C=O) groups is 1. The summed E-state index contributed by atoms with van der Waals surface area (Å²) in [7, 11) is 1.49. The highest BCUT2D eigenvalue weighted by Gasteiger charge is 2.23. The summed E-state index contributed by atoms with van der Waals surface area (Å²) in [6.07, 6.45) is 1.34. The smallest absolute Gasteiger partial charge is 0.293 e. The quantitative estimate of drug-likeness (QED) is 0.621. The van der Waals surface area contributed by atoms with Gasteiger partial charge >= 0.3 is 0 Å². The SMILES string of the molecule is CO/C=C(\Oc1ccccc1C)C(=O)N1CCOCC1. The molecule has 1 amide bonds. The summed E-state index contributed by atoms with van der Waals surface area (Å²) < 4.78 is 15.9. The third kappa shape index (κ3) is 3.51. The van der Waals surface area contributed by atoms with Gasteiger partial charge < -0.3 is 19.1 Å². The second-order valence-electron chi connectivity index (χ2n) is 4.49. The van der Waals surface area contributed by atoms with E-state index in [0.717, 1.165) is 5.56 Å². The number of hydrogen-bond donors (Lipinski definition) is 0. The number of hydrogen-bond acceptors (Lipinski definition) is 4. The van der Waals surface area contributed by atoms with Gasteiger partial charge in [0, 0.05) is 13.1 Å². The first-order valence-electron chi connectivity index (χ1n) is 6.56. The third-order valence-corrected chi connectivity index (χ3v) is 3.05. The molecule has 1 aromatic rings. The molecule has 5 heteroatoms. The zero-order chi connectivity index (χ0) is 14.4. The highest BCUT2D eigenvalue weighted by molar-refractivity contribution is 5.91. The molecular weight excluding hydrogens is 258 g/mol. The van der Waals surface area contributed by atoms with Gasteiger partial charge in [0.25, 0.3) is 5.91 Å². The second kappa shape index (κ2) is 6.96. The van der Waals surface area contributed by atoms with Gasteiger partial charge in [0.1, 0.15) is 12.0 Å². The van der Waals surface area contributed by atoms with Gasteiger partial charge in [0.2, 0.25) is 5.76 Å². The van der Waals surface area contributed by atoms with Crippen LogP contribution in [0.2, 0.25) is 0 Å². The highest BCUT2D eigenvalue weighted by Crippen LogP contribution is 2.20. The van der Waals surface area contributed by atoms with Crippen LogP contribution in [0.4, 0.5) is 0 Å². The van der Waals surface area contributed by atoms with Gasteiger partial charge in [-0.2, -0.15) is 0 Å². The lowest BCUT2D eigenvalue weighted by Gasteiger charge is -2.27. The molecule has 0 saturated carbocycles. The van der Waals surface area contributed by atoms with E-state index in [9.17, 15) is 4.79 Å². The van der Waals surface area contributed by atoms with Gasteiger partial charge in [-0.15, -0.1) is 0 Å². The van der Waals surface area contributed by atoms with Crippen molar-refractivity contribution in [2.24, 2.45) is 0 Å². The molecule has 0 N–H and O–H groups in total. The van der Waals surface area contributed by atoms with Crippen LogP contribution in [0, 0.1) is 6.92 Å². The highest BCUT2D eigenvalue weighted by atomic mass is 16.5.